The molecule has 31 heavy (non-hydrogen) atoms. The molecule has 0 saturated heterocycles. The molecule has 3 rings (SSSR count). The van der Waals surface area contributed by atoms with Crippen LogP contribution in [0.2, 0.25) is 16.6 Å². The third-order valence-electron chi connectivity index (χ3n) is 6.73. The van der Waals surface area contributed by atoms with Crippen LogP contribution in [0.1, 0.15) is 63.8 Å². The largest absolute Gasteiger partial charge is 0.543 e. The van der Waals surface area contributed by atoms with E-state index in [0.717, 1.165) is 23.6 Å². The molecule has 168 valence electrons. The predicted octanol–water partition coefficient (Wildman–Crippen LogP) is 6.78. The molecule has 0 spiro atoms. The van der Waals surface area contributed by atoms with E-state index in [0.29, 0.717) is 16.6 Å². The van der Waals surface area contributed by atoms with E-state index in [9.17, 15) is 4.79 Å². The van der Waals surface area contributed by atoms with Crippen LogP contribution in [0.3, 0.4) is 0 Å². The number of anilines is 1. The van der Waals surface area contributed by atoms with E-state index >= 15 is 0 Å². The quantitative estimate of drug-likeness (QED) is 0.484. The number of hydrogen-bond acceptors (Lipinski definition) is 3. The van der Waals surface area contributed by atoms with Gasteiger partial charge in [-0.3, -0.25) is 4.79 Å². The Morgan fingerprint density at radius 1 is 0.968 bits per heavy atom. The van der Waals surface area contributed by atoms with Gasteiger partial charge < -0.3 is 14.5 Å². The number of carbonyl (C=O) groups is 1. The van der Waals surface area contributed by atoms with Gasteiger partial charge in [0.25, 0.3) is 14.2 Å². The fourth-order valence-corrected chi connectivity index (χ4v) is 10.5. The van der Waals surface area contributed by atoms with Gasteiger partial charge in [-0.15, -0.1) is 0 Å². The summed E-state index contributed by atoms with van der Waals surface area (Å²) in [4.78, 5) is 11.5. The van der Waals surface area contributed by atoms with Crippen LogP contribution in [0, 0.1) is 13.8 Å². The molecule has 1 aliphatic heterocycles. The summed E-state index contributed by atoms with van der Waals surface area (Å²) in [5.74, 6) is 1.65. The minimum atomic E-state index is -1.98. The zero-order chi connectivity index (χ0) is 22.9. The highest BCUT2D eigenvalue weighted by Gasteiger charge is 2.47. The number of rotatable bonds is 7. The Hall–Kier alpha value is -2.27. The van der Waals surface area contributed by atoms with E-state index in [1.165, 1.54) is 22.3 Å². The first kappa shape index (κ1) is 23.4. The average molecular weight is 440 g/mol. The Balaban J connectivity index is 1.88. The van der Waals surface area contributed by atoms with E-state index in [1.807, 2.05) is 12.1 Å². The maximum absolute atomic E-state index is 11.5. The molecule has 5 heteroatoms. The van der Waals surface area contributed by atoms with E-state index in [2.05, 4.69) is 78.9 Å². The second kappa shape index (κ2) is 9.07. The van der Waals surface area contributed by atoms with Crippen LogP contribution >= 0.6 is 0 Å². The van der Waals surface area contributed by atoms with Gasteiger partial charge in [-0.25, -0.2) is 0 Å². The van der Waals surface area contributed by atoms with Crippen molar-refractivity contribution >= 4 is 19.9 Å². The number of nitrogens with one attached hydrogen (secondary N) is 1. The second-order valence-electron chi connectivity index (χ2n) is 9.80. The first-order chi connectivity index (χ1) is 14.5. The summed E-state index contributed by atoms with van der Waals surface area (Å²) in [6.07, 6.45) is 0.823. The van der Waals surface area contributed by atoms with Gasteiger partial charge in [0.15, 0.2) is 6.61 Å². The summed E-state index contributed by atoms with van der Waals surface area (Å²) in [6.45, 7) is 18.3. The first-order valence-electron chi connectivity index (χ1n) is 11.4. The third kappa shape index (κ3) is 4.66. The lowest BCUT2D eigenvalue weighted by molar-refractivity contribution is -0.118. The number of benzene rings is 2. The van der Waals surface area contributed by atoms with Crippen molar-refractivity contribution in [3.8, 4) is 11.5 Å². The Morgan fingerprint density at radius 2 is 1.55 bits per heavy atom. The molecule has 1 aliphatic rings. The monoisotopic (exact) mass is 439 g/mol. The van der Waals surface area contributed by atoms with Gasteiger partial charge in [-0.1, -0.05) is 47.6 Å². The zero-order valence-corrected chi connectivity index (χ0v) is 21.3. The minimum Gasteiger partial charge on any atom is -0.543 e. The lowest BCUT2D eigenvalue weighted by atomic mass is 9.95. The average Bonchev–Trinajstić information content (AvgIpc) is 2.68. The SMILES string of the molecule is Cc1cc(O[Si](C(C)C)(C(C)C)C(C)C)cc(C)c1Cc1ccc2c(c1)OCC(=O)N2. The molecule has 2 aromatic carbocycles. The van der Waals surface area contributed by atoms with Crippen LogP contribution in [0.15, 0.2) is 30.3 Å². The Morgan fingerprint density at radius 3 is 2.10 bits per heavy atom. The second-order valence-corrected chi connectivity index (χ2v) is 15.2. The summed E-state index contributed by atoms with van der Waals surface area (Å²) >= 11 is 0. The van der Waals surface area contributed by atoms with Crippen LogP contribution in [-0.4, -0.2) is 20.8 Å². The Bertz CT molecular complexity index is 920. The molecule has 0 radical (unpaired) electrons. The smallest absolute Gasteiger partial charge is 0.262 e. The molecule has 0 atom stereocenters. The molecule has 0 aromatic heterocycles. The van der Waals surface area contributed by atoms with Crippen LogP contribution in [0.5, 0.6) is 11.5 Å². The molecule has 4 nitrogen and oxygen atoms in total. The molecule has 0 unspecified atom stereocenters. The van der Waals surface area contributed by atoms with Gasteiger partial charge in [0.2, 0.25) is 0 Å². The molecular formula is C26H37NO3Si. The molecular weight excluding hydrogens is 402 g/mol. The van der Waals surface area contributed by atoms with Crippen LogP contribution in [0.25, 0.3) is 0 Å². The molecule has 1 N–H and O–H groups in total. The summed E-state index contributed by atoms with van der Waals surface area (Å²) in [5.41, 5.74) is 7.37. The van der Waals surface area contributed by atoms with Gasteiger partial charge in [0, 0.05) is 0 Å². The van der Waals surface area contributed by atoms with Gasteiger partial charge in [-0.2, -0.15) is 0 Å². The Labute approximate surface area is 188 Å². The van der Waals surface area contributed by atoms with Crippen LogP contribution < -0.4 is 14.5 Å². The molecule has 0 saturated carbocycles. The first-order valence-corrected chi connectivity index (χ1v) is 13.5. The van der Waals surface area contributed by atoms with E-state index in [1.54, 1.807) is 0 Å². The highest BCUT2D eigenvalue weighted by Crippen LogP contribution is 2.43. The molecule has 0 aliphatic carbocycles. The number of aryl methyl sites for hydroxylation is 2. The topological polar surface area (TPSA) is 47.6 Å². The number of carbonyl (C=O) groups excluding carboxylic acids is 1. The molecule has 1 heterocycles. The minimum absolute atomic E-state index is 0.0771. The number of fused-ring (bicyclic) bond motifs is 1. The maximum Gasteiger partial charge on any atom is 0.262 e. The molecule has 0 fully saturated rings. The van der Waals surface area contributed by atoms with Crippen molar-refractivity contribution < 1.29 is 14.0 Å². The van der Waals surface area contributed by atoms with Crippen molar-refractivity contribution in [2.24, 2.45) is 0 Å². The normalized spacial score (nSPS) is 14.0. The summed E-state index contributed by atoms with van der Waals surface area (Å²) in [7, 11) is -1.98. The lowest BCUT2D eigenvalue weighted by Gasteiger charge is -2.42. The van der Waals surface area contributed by atoms with Crippen molar-refractivity contribution in [2.75, 3.05) is 11.9 Å². The van der Waals surface area contributed by atoms with E-state index in [4.69, 9.17) is 9.16 Å². The van der Waals surface area contributed by atoms with Crippen molar-refractivity contribution in [2.45, 2.75) is 78.4 Å². The number of amides is 1. The van der Waals surface area contributed by atoms with Crippen molar-refractivity contribution in [1.29, 1.82) is 0 Å². The highest BCUT2D eigenvalue weighted by molar-refractivity contribution is 6.78. The fraction of sp³-hybridized carbons (Fsp3) is 0.500. The number of hydrogen-bond donors (Lipinski definition) is 1. The lowest BCUT2D eigenvalue weighted by Crippen LogP contribution is -2.50. The molecule has 0 bridgehead atoms. The summed E-state index contributed by atoms with van der Waals surface area (Å²) in [5, 5.41) is 2.85. The summed E-state index contributed by atoms with van der Waals surface area (Å²) < 4.78 is 12.5. The standard InChI is InChI=1S/C26H37NO3Si/c1-16(2)31(17(3)4,18(5)6)30-22-11-19(7)23(20(8)12-22)13-21-9-10-24-25(14-21)29-15-26(28)27-24/h9-12,14,16-18H,13,15H2,1-8H3,(H,27,28). The summed E-state index contributed by atoms with van der Waals surface area (Å²) in [6, 6.07) is 10.5. The van der Waals surface area contributed by atoms with E-state index in [-0.39, 0.29) is 12.5 Å². The van der Waals surface area contributed by atoms with Gasteiger partial charge in [-0.05, 0) is 83.4 Å². The highest BCUT2D eigenvalue weighted by atomic mass is 28.4. The fourth-order valence-electron chi connectivity index (χ4n) is 5.28. The van der Waals surface area contributed by atoms with E-state index < -0.39 is 8.32 Å². The molecule has 1 amide bonds. The Kier molecular flexibility index (Phi) is 6.84. The van der Waals surface area contributed by atoms with Crippen LogP contribution in [-0.2, 0) is 11.2 Å². The third-order valence-corrected chi connectivity index (χ3v) is 12.7. The zero-order valence-electron chi connectivity index (χ0n) is 20.3. The predicted molar refractivity (Wildman–Crippen MR) is 131 cm³/mol. The van der Waals surface area contributed by atoms with Gasteiger partial charge >= 0.3 is 0 Å². The van der Waals surface area contributed by atoms with Gasteiger partial charge in [0.05, 0.1) is 5.69 Å². The number of ether oxygens (including phenoxy) is 1. The van der Waals surface area contributed by atoms with Crippen molar-refractivity contribution in [3.05, 3.63) is 52.6 Å². The maximum atomic E-state index is 11.5. The van der Waals surface area contributed by atoms with Crippen molar-refractivity contribution in [1.82, 2.24) is 0 Å². The van der Waals surface area contributed by atoms with Gasteiger partial charge in [0.1, 0.15) is 11.5 Å². The van der Waals surface area contributed by atoms with Crippen LogP contribution in [0.4, 0.5) is 5.69 Å². The van der Waals surface area contributed by atoms with Crippen molar-refractivity contribution in [3.63, 3.8) is 0 Å². The molecule has 2 aromatic rings.